The van der Waals surface area contributed by atoms with Crippen LogP contribution in [0.15, 0.2) is 4.52 Å². The van der Waals surface area contributed by atoms with Crippen molar-refractivity contribution in [3.8, 4) is 0 Å². The molecule has 1 unspecified atom stereocenters. The molecular formula is C10H16N2O. The predicted molar refractivity (Wildman–Crippen MR) is 50.6 cm³/mol. The normalized spacial score (nSPS) is 18.3. The molecule has 0 saturated heterocycles. The number of hydrogen-bond donors (Lipinski definition) is 1. The highest BCUT2D eigenvalue weighted by atomic mass is 16.5. The van der Waals surface area contributed by atoms with E-state index in [1.165, 1.54) is 24.1 Å². The summed E-state index contributed by atoms with van der Waals surface area (Å²) in [5.74, 6) is 1.34. The van der Waals surface area contributed by atoms with Gasteiger partial charge in [0.15, 0.2) is 0 Å². The Hall–Kier alpha value is -0.830. The van der Waals surface area contributed by atoms with Crippen LogP contribution in [0.4, 0.5) is 0 Å². The van der Waals surface area contributed by atoms with E-state index in [9.17, 15) is 0 Å². The van der Waals surface area contributed by atoms with Crippen LogP contribution in [-0.2, 0) is 12.8 Å². The average Bonchev–Trinajstić information content (AvgIpc) is 2.60. The molecule has 0 bridgehead atoms. The second kappa shape index (κ2) is 3.50. The zero-order valence-electron chi connectivity index (χ0n) is 8.05. The first-order chi connectivity index (χ1) is 6.33. The molecule has 3 nitrogen and oxygen atoms in total. The summed E-state index contributed by atoms with van der Waals surface area (Å²) in [6.07, 6.45) is 4.71. The minimum atomic E-state index is 0.314. The molecule has 1 aromatic rings. The topological polar surface area (TPSA) is 52.0 Å². The van der Waals surface area contributed by atoms with Gasteiger partial charge in [-0.3, -0.25) is 0 Å². The molecule has 0 fully saturated rings. The molecule has 1 heterocycles. The van der Waals surface area contributed by atoms with Gasteiger partial charge in [-0.05, 0) is 25.7 Å². The molecule has 0 radical (unpaired) electrons. The molecule has 0 amide bonds. The van der Waals surface area contributed by atoms with Crippen LogP contribution in [-0.4, -0.2) is 11.7 Å². The molecular weight excluding hydrogens is 164 g/mol. The minimum absolute atomic E-state index is 0.314. The summed E-state index contributed by atoms with van der Waals surface area (Å²) in [5, 5.41) is 4.10. The zero-order valence-corrected chi connectivity index (χ0v) is 8.05. The van der Waals surface area contributed by atoms with Crippen LogP contribution < -0.4 is 5.73 Å². The second-order valence-corrected chi connectivity index (χ2v) is 3.82. The largest absolute Gasteiger partial charge is 0.361 e. The lowest BCUT2D eigenvalue weighted by Gasteiger charge is -2.11. The van der Waals surface area contributed by atoms with Crippen molar-refractivity contribution in [1.82, 2.24) is 5.16 Å². The van der Waals surface area contributed by atoms with Gasteiger partial charge in [-0.15, -0.1) is 0 Å². The lowest BCUT2D eigenvalue weighted by atomic mass is 9.92. The minimum Gasteiger partial charge on any atom is -0.361 e. The van der Waals surface area contributed by atoms with Crippen LogP contribution in [0.2, 0.25) is 0 Å². The fraction of sp³-hybridized carbons (Fsp3) is 0.700. The van der Waals surface area contributed by atoms with Gasteiger partial charge in [-0.2, -0.15) is 0 Å². The van der Waals surface area contributed by atoms with Crippen LogP contribution in [0.3, 0.4) is 0 Å². The average molecular weight is 180 g/mol. The summed E-state index contributed by atoms with van der Waals surface area (Å²) < 4.78 is 5.34. The Morgan fingerprint density at radius 2 is 2.23 bits per heavy atom. The molecule has 0 spiro atoms. The van der Waals surface area contributed by atoms with Gasteiger partial charge in [-0.1, -0.05) is 12.1 Å². The zero-order chi connectivity index (χ0) is 9.26. The molecule has 13 heavy (non-hydrogen) atoms. The number of aryl methyl sites for hydroxylation is 1. The van der Waals surface area contributed by atoms with Crippen molar-refractivity contribution < 1.29 is 4.52 Å². The number of nitrogens with two attached hydrogens (primary N) is 1. The molecule has 1 atom stereocenters. The van der Waals surface area contributed by atoms with Crippen molar-refractivity contribution in [1.29, 1.82) is 0 Å². The lowest BCUT2D eigenvalue weighted by molar-refractivity contribution is 0.361. The smallest absolute Gasteiger partial charge is 0.144 e. The molecule has 0 saturated carbocycles. The van der Waals surface area contributed by atoms with Crippen molar-refractivity contribution in [2.75, 3.05) is 6.54 Å². The van der Waals surface area contributed by atoms with E-state index in [4.69, 9.17) is 10.3 Å². The van der Waals surface area contributed by atoms with Crippen LogP contribution in [0.1, 0.15) is 42.7 Å². The number of hydrogen-bond acceptors (Lipinski definition) is 3. The van der Waals surface area contributed by atoms with E-state index >= 15 is 0 Å². The van der Waals surface area contributed by atoms with E-state index in [2.05, 4.69) is 12.1 Å². The van der Waals surface area contributed by atoms with Crippen LogP contribution in [0, 0.1) is 0 Å². The van der Waals surface area contributed by atoms with E-state index in [0.717, 1.165) is 18.6 Å². The Balaban J connectivity index is 2.31. The maximum absolute atomic E-state index is 5.61. The maximum Gasteiger partial charge on any atom is 0.144 e. The lowest BCUT2D eigenvalue weighted by Crippen LogP contribution is -2.11. The summed E-state index contributed by atoms with van der Waals surface area (Å²) in [4.78, 5) is 0. The third-order valence-electron chi connectivity index (χ3n) is 2.79. The highest BCUT2D eigenvalue weighted by Gasteiger charge is 2.21. The number of fused-ring (bicyclic) bond motifs is 1. The van der Waals surface area contributed by atoms with Crippen molar-refractivity contribution in [3.63, 3.8) is 0 Å². The van der Waals surface area contributed by atoms with Gasteiger partial charge < -0.3 is 10.3 Å². The van der Waals surface area contributed by atoms with E-state index in [0.29, 0.717) is 12.5 Å². The van der Waals surface area contributed by atoms with Crippen LogP contribution >= 0.6 is 0 Å². The van der Waals surface area contributed by atoms with Gasteiger partial charge in [0.1, 0.15) is 5.76 Å². The first-order valence-corrected chi connectivity index (χ1v) is 5.00. The Morgan fingerprint density at radius 3 is 3.00 bits per heavy atom. The quantitative estimate of drug-likeness (QED) is 0.752. The van der Waals surface area contributed by atoms with Crippen molar-refractivity contribution in [2.24, 2.45) is 5.73 Å². The van der Waals surface area contributed by atoms with Crippen LogP contribution in [0.5, 0.6) is 0 Å². The summed E-state index contributed by atoms with van der Waals surface area (Å²) in [6, 6.07) is 0. The van der Waals surface area contributed by atoms with Gasteiger partial charge in [0, 0.05) is 18.0 Å². The van der Waals surface area contributed by atoms with Gasteiger partial charge in [0.2, 0.25) is 0 Å². The first-order valence-electron chi connectivity index (χ1n) is 5.00. The Labute approximate surface area is 78.3 Å². The molecule has 72 valence electrons. The highest BCUT2D eigenvalue weighted by Crippen LogP contribution is 2.28. The maximum atomic E-state index is 5.61. The molecule has 3 heteroatoms. The number of rotatable bonds is 2. The fourth-order valence-electron chi connectivity index (χ4n) is 1.91. The van der Waals surface area contributed by atoms with Crippen molar-refractivity contribution in [2.45, 2.75) is 38.5 Å². The van der Waals surface area contributed by atoms with Gasteiger partial charge in [0.05, 0.1) is 5.69 Å². The van der Waals surface area contributed by atoms with Gasteiger partial charge in [-0.25, -0.2) is 0 Å². The van der Waals surface area contributed by atoms with Crippen molar-refractivity contribution in [3.05, 3.63) is 17.0 Å². The summed E-state index contributed by atoms with van der Waals surface area (Å²) in [5.41, 5.74) is 8.11. The standard InChI is InChI=1S/C10H16N2O/c1-7(6-11)10-8-4-2-3-5-9(8)12-13-10/h7H,2-6,11H2,1H3. The van der Waals surface area contributed by atoms with E-state index in [1.807, 2.05) is 0 Å². The SMILES string of the molecule is CC(CN)c1onc2c1CCCC2. The first kappa shape index (κ1) is 8.75. The molecule has 1 aliphatic carbocycles. The number of nitrogens with zero attached hydrogens (tertiary/aromatic N) is 1. The third kappa shape index (κ3) is 1.48. The van der Waals surface area contributed by atoms with Crippen LogP contribution in [0.25, 0.3) is 0 Å². The predicted octanol–water partition coefficient (Wildman–Crippen LogP) is 1.62. The van der Waals surface area contributed by atoms with E-state index in [-0.39, 0.29) is 0 Å². The van der Waals surface area contributed by atoms with Gasteiger partial charge in [0.25, 0.3) is 0 Å². The molecule has 2 N–H and O–H groups in total. The fourth-order valence-corrected chi connectivity index (χ4v) is 1.91. The summed E-state index contributed by atoms with van der Waals surface area (Å²) >= 11 is 0. The Bertz CT molecular complexity index is 293. The number of aromatic nitrogens is 1. The molecule has 2 rings (SSSR count). The molecule has 1 aromatic heterocycles. The Morgan fingerprint density at radius 1 is 1.46 bits per heavy atom. The van der Waals surface area contributed by atoms with Gasteiger partial charge >= 0.3 is 0 Å². The highest BCUT2D eigenvalue weighted by molar-refractivity contribution is 5.27. The van der Waals surface area contributed by atoms with E-state index in [1.54, 1.807) is 0 Å². The second-order valence-electron chi connectivity index (χ2n) is 3.82. The molecule has 1 aliphatic rings. The van der Waals surface area contributed by atoms with Crippen molar-refractivity contribution >= 4 is 0 Å². The molecule has 0 aliphatic heterocycles. The van der Waals surface area contributed by atoms with E-state index < -0.39 is 0 Å². The Kier molecular flexibility index (Phi) is 2.36. The molecule has 0 aromatic carbocycles. The summed E-state index contributed by atoms with van der Waals surface area (Å²) in [7, 11) is 0. The monoisotopic (exact) mass is 180 g/mol. The summed E-state index contributed by atoms with van der Waals surface area (Å²) in [6.45, 7) is 2.73. The third-order valence-corrected chi connectivity index (χ3v) is 2.79.